The van der Waals surface area contributed by atoms with Crippen LogP contribution in [0.4, 0.5) is 0 Å². The second-order valence-corrected chi connectivity index (χ2v) is 3.48. The van der Waals surface area contributed by atoms with E-state index in [9.17, 15) is 4.79 Å². The molecule has 1 aromatic heterocycles. The molecule has 62 valence electrons. The van der Waals surface area contributed by atoms with Crippen LogP contribution in [0.2, 0.25) is 0 Å². The molecule has 0 saturated carbocycles. The first kappa shape index (κ1) is 8.75. The molecule has 0 aliphatic heterocycles. The van der Waals surface area contributed by atoms with Gasteiger partial charge < -0.3 is 5.73 Å². The molecular formula is C8H8N2OS. The van der Waals surface area contributed by atoms with E-state index < -0.39 is 5.91 Å². The number of aromatic nitrogens is 1. The molecule has 1 rings (SSSR count). The number of hydrogen-bond acceptors (Lipinski definition) is 3. The lowest BCUT2D eigenvalue weighted by molar-refractivity contribution is -0.112. The zero-order valence-corrected chi connectivity index (χ0v) is 7.66. The molecule has 0 atom stereocenters. The third-order valence-electron chi connectivity index (χ3n) is 1.32. The van der Waals surface area contributed by atoms with E-state index in [0.29, 0.717) is 5.01 Å². The molecule has 2 N–H and O–H groups in total. The first-order chi connectivity index (χ1) is 5.59. The summed E-state index contributed by atoms with van der Waals surface area (Å²) in [5.41, 5.74) is 5.80. The van der Waals surface area contributed by atoms with Gasteiger partial charge in [-0.05, 0) is 19.8 Å². The standard InChI is InChI=1S/C8H8N2OS/c1-5-6(2)12-8(10-5)4-3-7(9)11/h1-2H3,(H2,9,11). The Kier molecular flexibility index (Phi) is 2.46. The van der Waals surface area contributed by atoms with Crippen molar-refractivity contribution in [1.29, 1.82) is 0 Å². The molecule has 0 aliphatic carbocycles. The van der Waals surface area contributed by atoms with E-state index in [0.717, 1.165) is 10.6 Å². The second kappa shape index (κ2) is 3.37. The van der Waals surface area contributed by atoms with Crippen LogP contribution < -0.4 is 5.73 Å². The molecule has 3 nitrogen and oxygen atoms in total. The highest BCUT2D eigenvalue weighted by Crippen LogP contribution is 2.14. The van der Waals surface area contributed by atoms with Crippen molar-refractivity contribution < 1.29 is 4.79 Å². The zero-order valence-electron chi connectivity index (χ0n) is 6.84. The number of thiazole rings is 1. The predicted octanol–water partition coefficient (Wildman–Crippen LogP) is 0.597. The third-order valence-corrected chi connectivity index (χ3v) is 2.31. The largest absolute Gasteiger partial charge is 0.359 e. The van der Waals surface area contributed by atoms with Crippen LogP contribution in [-0.4, -0.2) is 10.9 Å². The molecule has 1 amide bonds. The van der Waals surface area contributed by atoms with E-state index in [1.165, 1.54) is 11.3 Å². The molecule has 0 aliphatic rings. The van der Waals surface area contributed by atoms with Gasteiger partial charge in [0.1, 0.15) is 0 Å². The average molecular weight is 180 g/mol. The topological polar surface area (TPSA) is 56.0 Å². The lowest BCUT2D eigenvalue weighted by atomic mass is 10.4. The molecular weight excluding hydrogens is 172 g/mol. The molecule has 1 aromatic rings. The van der Waals surface area contributed by atoms with Crippen molar-refractivity contribution in [2.24, 2.45) is 5.73 Å². The Labute approximate surface area is 74.6 Å². The first-order valence-electron chi connectivity index (χ1n) is 3.35. The van der Waals surface area contributed by atoms with Crippen molar-refractivity contribution in [1.82, 2.24) is 4.98 Å². The SMILES string of the molecule is Cc1nc(C#CC(N)=O)sc1C. The van der Waals surface area contributed by atoms with Crippen LogP contribution >= 0.6 is 11.3 Å². The molecule has 0 fully saturated rings. The molecule has 0 saturated heterocycles. The quantitative estimate of drug-likeness (QED) is 0.594. The minimum Gasteiger partial charge on any atom is -0.359 e. The number of carbonyl (C=O) groups excluding carboxylic acids is 1. The van der Waals surface area contributed by atoms with Crippen molar-refractivity contribution in [3.8, 4) is 11.8 Å². The summed E-state index contributed by atoms with van der Waals surface area (Å²) in [6.07, 6.45) is 0. The Morgan fingerprint density at radius 3 is 2.67 bits per heavy atom. The Bertz CT molecular complexity index is 351. The number of nitrogens with zero attached hydrogens (tertiary/aromatic N) is 1. The summed E-state index contributed by atoms with van der Waals surface area (Å²) >= 11 is 1.46. The van der Waals surface area contributed by atoms with Crippen LogP contribution in [0.1, 0.15) is 15.6 Å². The lowest BCUT2D eigenvalue weighted by Gasteiger charge is -1.77. The second-order valence-electron chi connectivity index (χ2n) is 2.27. The summed E-state index contributed by atoms with van der Waals surface area (Å²) < 4.78 is 0. The van der Waals surface area contributed by atoms with Gasteiger partial charge in [0, 0.05) is 10.8 Å². The summed E-state index contributed by atoms with van der Waals surface area (Å²) in [7, 11) is 0. The van der Waals surface area contributed by atoms with Gasteiger partial charge in [0.05, 0.1) is 5.69 Å². The van der Waals surface area contributed by atoms with Gasteiger partial charge in [-0.3, -0.25) is 4.79 Å². The minimum atomic E-state index is -0.625. The van der Waals surface area contributed by atoms with Crippen LogP contribution in [-0.2, 0) is 4.79 Å². The van der Waals surface area contributed by atoms with Crippen LogP contribution in [0, 0.1) is 25.7 Å². The van der Waals surface area contributed by atoms with Gasteiger partial charge in [-0.15, -0.1) is 11.3 Å². The van der Waals surface area contributed by atoms with Crippen molar-refractivity contribution in [3.05, 3.63) is 15.6 Å². The molecule has 0 radical (unpaired) electrons. The summed E-state index contributed by atoms with van der Waals surface area (Å²) in [5.74, 6) is 4.20. The van der Waals surface area contributed by atoms with Gasteiger partial charge in [0.15, 0.2) is 5.01 Å². The molecule has 12 heavy (non-hydrogen) atoms. The van der Waals surface area contributed by atoms with Crippen molar-refractivity contribution in [2.45, 2.75) is 13.8 Å². The van der Waals surface area contributed by atoms with Gasteiger partial charge >= 0.3 is 0 Å². The molecule has 0 aromatic carbocycles. The normalized spacial score (nSPS) is 8.83. The molecule has 0 unspecified atom stereocenters. The third kappa shape index (κ3) is 2.07. The van der Waals surface area contributed by atoms with E-state index in [1.807, 2.05) is 13.8 Å². The summed E-state index contributed by atoms with van der Waals surface area (Å²) in [6, 6.07) is 0. The van der Waals surface area contributed by atoms with Gasteiger partial charge in [-0.25, -0.2) is 4.98 Å². The Hall–Kier alpha value is -1.34. The van der Waals surface area contributed by atoms with Gasteiger partial charge in [0.25, 0.3) is 5.91 Å². The predicted molar refractivity (Wildman–Crippen MR) is 47.7 cm³/mol. The fourth-order valence-corrected chi connectivity index (χ4v) is 1.41. The highest BCUT2D eigenvalue weighted by atomic mass is 32.1. The number of amides is 1. The van der Waals surface area contributed by atoms with Gasteiger partial charge in [0.2, 0.25) is 0 Å². The molecule has 1 heterocycles. The van der Waals surface area contributed by atoms with E-state index in [2.05, 4.69) is 16.8 Å². The Morgan fingerprint density at radius 1 is 1.58 bits per heavy atom. The van der Waals surface area contributed by atoms with E-state index >= 15 is 0 Å². The number of nitrogens with two attached hydrogens (primary N) is 1. The van der Waals surface area contributed by atoms with Crippen molar-refractivity contribution >= 4 is 17.2 Å². The van der Waals surface area contributed by atoms with Gasteiger partial charge in [-0.2, -0.15) is 0 Å². The minimum absolute atomic E-state index is 0.625. The fourth-order valence-electron chi connectivity index (χ4n) is 0.641. The van der Waals surface area contributed by atoms with Crippen molar-refractivity contribution in [2.75, 3.05) is 0 Å². The van der Waals surface area contributed by atoms with Crippen LogP contribution in [0.25, 0.3) is 0 Å². The van der Waals surface area contributed by atoms with E-state index in [1.54, 1.807) is 0 Å². The average Bonchev–Trinajstić information content (AvgIpc) is 2.28. The highest BCUT2D eigenvalue weighted by Gasteiger charge is 1.99. The van der Waals surface area contributed by atoms with E-state index in [-0.39, 0.29) is 0 Å². The number of primary amides is 1. The first-order valence-corrected chi connectivity index (χ1v) is 4.16. The Balaban J connectivity index is 2.93. The maximum atomic E-state index is 10.3. The smallest absolute Gasteiger partial charge is 0.293 e. The maximum absolute atomic E-state index is 10.3. The maximum Gasteiger partial charge on any atom is 0.293 e. The van der Waals surface area contributed by atoms with Crippen LogP contribution in [0.5, 0.6) is 0 Å². The van der Waals surface area contributed by atoms with Crippen molar-refractivity contribution in [3.63, 3.8) is 0 Å². The van der Waals surface area contributed by atoms with E-state index in [4.69, 9.17) is 5.73 Å². The van der Waals surface area contributed by atoms with Gasteiger partial charge in [-0.1, -0.05) is 0 Å². The fraction of sp³-hybridized carbons (Fsp3) is 0.250. The highest BCUT2D eigenvalue weighted by molar-refractivity contribution is 7.12. The molecule has 0 spiro atoms. The van der Waals surface area contributed by atoms with Crippen LogP contribution in [0.15, 0.2) is 0 Å². The number of aryl methyl sites for hydroxylation is 2. The number of rotatable bonds is 0. The zero-order chi connectivity index (χ0) is 9.14. The summed E-state index contributed by atoms with van der Waals surface area (Å²) in [4.78, 5) is 15.5. The summed E-state index contributed by atoms with van der Waals surface area (Å²) in [6.45, 7) is 3.86. The molecule has 4 heteroatoms. The lowest BCUT2D eigenvalue weighted by Crippen LogP contribution is -2.06. The number of hydrogen-bond donors (Lipinski definition) is 1. The molecule has 0 bridgehead atoms. The summed E-state index contributed by atoms with van der Waals surface area (Å²) in [5, 5.41) is 0.642. The van der Waals surface area contributed by atoms with Crippen LogP contribution in [0.3, 0.4) is 0 Å². The Morgan fingerprint density at radius 2 is 2.25 bits per heavy atom. The monoisotopic (exact) mass is 180 g/mol. The number of carbonyl (C=O) groups is 1.